The van der Waals surface area contributed by atoms with Crippen molar-refractivity contribution in [2.24, 2.45) is 0 Å². The molecule has 2 nitrogen and oxygen atoms in total. The number of carbonyl (C=O) groups excluding carboxylic acids is 2. The molecule has 0 aliphatic carbocycles. The van der Waals surface area contributed by atoms with Crippen LogP contribution in [0.3, 0.4) is 0 Å². The van der Waals surface area contributed by atoms with E-state index >= 15 is 0 Å². The van der Waals surface area contributed by atoms with E-state index < -0.39 is 0 Å². The van der Waals surface area contributed by atoms with Crippen molar-refractivity contribution in [3.05, 3.63) is 139 Å². The van der Waals surface area contributed by atoms with Crippen molar-refractivity contribution in [1.29, 1.82) is 0 Å². The van der Waals surface area contributed by atoms with Crippen LogP contribution in [-0.4, -0.2) is 24.1 Å². The molecule has 0 unspecified atom stereocenters. The van der Waals surface area contributed by atoms with Gasteiger partial charge < -0.3 is 0 Å². The van der Waals surface area contributed by atoms with Crippen molar-refractivity contribution in [3.63, 3.8) is 0 Å². The molecule has 0 heterocycles. The maximum Gasteiger partial charge on any atom is 0.185 e. The number of carbonyl (C=O) groups is 2. The Balaban J connectivity index is 0.000000211. The van der Waals surface area contributed by atoms with Gasteiger partial charge in [-0.1, -0.05) is 36.4 Å². The lowest BCUT2D eigenvalue weighted by Crippen LogP contribution is -1.93. The Hall–Kier alpha value is -2.14. The van der Waals surface area contributed by atoms with Crippen LogP contribution in [0.2, 0.25) is 0 Å². The number of thioether (sulfide) groups is 2. The predicted molar refractivity (Wildman–Crippen MR) is 181 cm³/mol. The zero-order valence-electron chi connectivity index (χ0n) is 20.9. The molecule has 192 valence electrons. The highest BCUT2D eigenvalue weighted by molar-refractivity contribution is 14.1. The van der Waals surface area contributed by atoms with E-state index in [9.17, 15) is 9.59 Å². The van der Waals surface area contributed by atoms with E-state index in [-0.39, 0.29) is 11.6 Å². The first kappa shape index (κ1) is 30.4. The summed E-state index contributed by atoms with van der Waals surface area (Å²) in [5.74, 6) is 0.0673. The molecular weight excluding hydrogens is 734 g/mol. The van der Waals surface area contributed by atoms with Crippen molar-refractivity contribution in [1.82, 2.24) is 0 Å². The molecule has 4 aromatic carbocycles. The Morgan fingerprint density at radius 1 is 0.579 bits per heavy atom. The van der Waals surface area contributed by atoms with E-state index in [0.29, 0.717) is 0 Å². The quantitative estimate of drug-likeness (QED) is 0.0776. The normalized spacial score (nSPS) is 10.8. The van der Waals surface area contributed by atoms with Crippen molar-refractivity contribution in [2.45, 2.75) is 9.79 Å². The summed E-state index contributed by atoms with van der Waals surface area (Å²) in [6.07, 6.45) is 11.0. The van der Waals surface area contributed by atoms with Gasteiger partial charge in [0.1, 0.15) is 0 Å². The summed E-state index contributed by atoms with van der Waals surface area (Å²) in [6, 6.07) is 31.5. The van der Waals surface area contributed by atoms with Crippen molar-refractivity contribution in [2.75, 3.05) is 12.5 Å². The van der Waals surface area contributed by atoms with Gasteiger partial charge in [0, 0.05) is 28.1 Å². The van der Waals surface area contributed by atoms with Crippen LogP contribution in [0.4, 0.5) is 0 Å². The maximum absolute atomic E-state index is 12.0. The molecule has 0 aromatic heterocycles. The van der Waals surface area contributed by atoms with Crippen molar-refractivity contribution >= 4 is 92.4 Å². The van der Waals surface area contributed by atoms with Crippen molar-refractivity contribution in [3.8, 4) is 0 Å². The summed E-state index contributed by atoms with van der Waals surface area (Å²) in [5.41, 5.74) is 3.52. The van der Waals surface area contributed by atoms with Crippen molar-refractivity contribution < 1.29 is 9.59 Å². The topological polar surface area (TPSA) is 34.1 Å². The van der Waals surface area contributed by atoms with E-state index in [1.165, 1.54) is 3.57 Å². The molecule has 0 saturated heterocycles. The Kier molecular flexibility index (Phi) is 12.9. The average molecular weight is 761 g/mol. The van der Waals surface area contributed by atoms with Crippen LogP contribution in [0.1, 0.15) is 31.8 Å². The summed E-state index contributed by atoms with van der Waals surface area (Å²) >= 11 is 7.86. The molecule has 0 saturated carbocycles. The second-order valence-electron chi connectivity index (χ2n) is 7.96. The van der Waals surface area contributed by atoms with Crippen LogP contribution in [-0.2, 0) is 0 Å². The molecule has 6 heteroatoms. The smallest absolute Gasteiger partial charge is 0.185 e. The number of ketones is 2. The number of rotatable bonds is 8. The van der Waals surface area contributed by atoms with E-state index in [1.54, 1.807) is 35.7 Å². The average Bonchev–Trinajstić information content (AvgIpc) is 2.96. The number of halogens is 2. The number of benzene rings is 4. The highest BCUT2D eigenvalue weighted by Crippen LogP contribution is 2.17. The van der Waals surface area contributed by atoms with Gasteiger partial charge in [-0.15, -0.1) is 23.5 Å². The molecule has 0 fully saturated rings. The van der Waals surface area contributed by atoms with Gasteiger partial charge >= 0.3 is 0 Å². The zero-order valence-corrected chi connectivity index (χ0v) is 26.9. The van der Waals surface area contributed by atoms with E-state index in [1.807, 2.05) is 122 Å². The summed E-state index contributed by atoms with van der Waals surface area (Å²) in [7, 11) is 0. The summed E-state index contributed by atoms with van der Waals surface area (Å²) in [6.45, 7) is 0. The molecule has 0 atom stereocenters. The first-order valence-electron chi connectivity index (χ1n) is 11.6. The number of allylic oxidation sites excluding steroid dienone is 2. The second-order valence-corrected chi connectivity index (χ2v) is 12.2. The minimum Gasteiger partial charge on any atom is -0.289 e. The third-order valence-corrected chi connectivity index (χ3v) is 8.20. The lowest BCUT2D eigenvalue weighted by molar-refractivity contribution is 0.103. The predicted octanol–water partition coefficient (Wildman–Crippen LogP) is 9.82. The lowest BCUT2D eigenvalue weighted by Gasteiger charge is -1.99. The SMILES string of the molecule is CSc1ccc(C(=O)/C=C/c2ccc(I)cc2)cc1.CSc1ccc(C(=O)/C=C/c2cccc(I)c2)cc1. The summed E-state index contributed by atoms with van der Waals surface area (Å²) in [4.78, 5) is 26.3. The van der Waals surface area contributed by atoms with Gasteiger partial charge in [0.05, 0.1) is 0 Å². The van der Waals surface area contributed by atoms with Gasteiger partial charge in [-0.25, -0.2) is 0 Å². The standard InChI is InChI=1S/2C16H13IOS/c1-19-15-9-5-13(6-10-15)16(18)11-4-12-2-7-14(17)8-3-12;1-19-15-8-6-13(7-9-15)16(18)10-5-12-3-2-4-14(17)11-12/h2*2-11H,1H3/b11-4+;10-5+. The van der Waals surface area contributed by atoms with Crippen LogP contribution >= 0.6 is 68.7 Å². The highest BCUT2D eigenvalue weighted by atomic mass is 127. The molecule has 0 amide bonds. The van der Waals surface area contributed by atoms with E-state index in [2.05, 4.69) is 45.2 Å². The van der Waals surface area contributed by atoms with Gasteiger partial charge in [0.25, 0.3) is 0 Å². The fourth-order valence-electron chi connectivity index (χ4n) is 3.23. The lowest BCUT2D eigenvalue weighted by atomic mass is 10.1. The molecule has 0 radical (unpaired) electrons. The first-order chi connectivity index (χ1) is 18.4. The van der Waals surface area contributed by atoms with Gasteiger partial charge in [-0.3, -0.25) is 9.59 Å². The highest BCUT2D eigenvalue weighted by Gasteiger charge is 2.02. The third kappa shape index (κ3) is 10.2. The summed E-state index contributed by atoms with van der Waals surface area (Å²) < 4.78 is 2.35. The largest absolute Gasteiger partial charge is 0.289 e. The first-order valence-corrected chi connectivity index (χ1v) is 16.2. The number of hydrogen-bond donors (Lipinski definition) is 0. The third-order valence-electron chi connectivity index (χ3n) is 5.32. The Morgan fingerprint density at radius 3 is 1.50 bits per heavy atom. The molecule has 0 aliphatic heterocycles. The molecule has 4 aromatic rings. The fourth-order valence-corrected chi connectivity index (χ4v) is 4.97. The van der Waals surface area contributed by atoms with Crippen LogP contribution in [0, 0.1) is 7.14 Å². The van der Waals surface area contributed by atoms with Gasteiger partial charge in [-0.05, 0) is 154 Å². The molecule has 4 rings (SSSR count). The Labute approximate surface area is 260 Å². The fraction of sp³-hybridized carbons (Fsp3) is 0.0625. The second kappa shape index (κ2) is 16.1. The maximum atomic E-state index is 12.0. The van der Waals surface area contributed by atoms with Gasteiger partial charge in [-0.2, -0.15) is 0 Å². The molecular formula is C32H26I2O2S2. The monoisotopic (exact) mass is 760 g/mol. The molecule has 0 spiro atoms. The Bertz CT molecular complexity index is 1410. The van der Waals surface area contributed by atoms with Crippen LogP contribution in [0.25, 0.3) is 12.2 Å². The summed E-state index contributed by atoms with van der Waals surface area (Å²) in [5, 5.41) is 0. The van der Waals surface area contributed by atoms with Crippen LogP contribution < -0.4 is 0 Å². The zero-order chi connectivity index (χ0) is 27.3. The van der Waals surface area contributed by atoms with Crippen LogP contribution in [0.5, 0.6) is 0 Å². The molecule has 0 N–H and O–H groups in total. The Morgan fingerprint density at radius 2 is 1.05 bits per heavy atom. The molecule has 38 heavy (non-hydrogen) atoms. The van der Waals surface area contributed by atoms with Crippen LogP contribution in [0.15, 0.2) is 119 Å². The van der Waals surface area contributed by atoms with E-state index in [4.69, 9.17) is 0 Å². The molecule has 0 aliphatic rings. The minimum absolute atomic E-state index is 0.0335. The molecule has 0 bridgehead atoms. The van der Waals surface area contributed by atoms with Gasteiger partial charge in [0.2, 0.25) is 0 Å². The van der Waals surface area contributed by atoms with Gasteiger partial charge in [0.15, 0.2) is 11.6 Å². The minimum atomic E-state index is 0.0335. The van der Waals surface area contributed by atoms with E-state index in [0.717, 1.165) is 35.6 Å². The number of hydrogen-bond acceptors (Lipinski definition) is 4.